The van der Waals surface area contributed by atoms with Crippen molar-refractivity contribution < 1.29 is 18.3 Å². The maximum atomic E-state index is 12.6. The van der Waals surface area contributed by atoms with Crippen molar-refractivity contribution in [3.63, 3.8) is 0 Å². The Morgan fingerprint density at radius 1 is 1.17 bits per heavy atom. The molecule has 0 radical (unpaired) electrons. The first-order chi connectivity index (χ1) is 8.75. The molecule has 18 heavy (non-hydrogen) atoms. The van der Waals surface area contributed by atoms with Crippen LogP contribution in [0.4, 0.5) is 8.78 Å². The van der Waals surface area contributed by atoms with E-state index in [0.717, 1.165) is 45.1 Å². The van der Waals surface area contributed by atoms with Crippen LogP contribution in [0.3, 0.4) is 0 Å². The van der Waals surface area contributed by atoms with Gasteiger partial charge in [-0.1, -0.05) is 6.42 Å². The standard InChI is InChI=1S/C13H23F2NO2/c14-13(15)11-5-3-4-10(16-11)7-9-18-12-6-1-2-8-17-12/h10-13,16H,1-9H2. The Hall–Kier alpha value is -0.260. The molecule has 0 aromatic rings. The molecule has 0 amide bonds. The molecule has 2 aliphatic rings. The fourth-order valence-corrected chi connectivity index (χ4v) is 2.66. The molecule has 0 aromatic carbocycles. The van der Waals surface area contributed by atoms with Crippen molar-refractivity contribution in [1.29, 1.82) is 0 Å². The van der Waals surface area contributed by atoms with E-state index >= 15 is 0 Å². The van der Waals surface area contributed by atoms with E-state index in [2.05, 4.69) is 5.32 Å². The second kappa shape index (κ2) is 7.36. The van der Waals surface area contributed by atoms with Gasteiger partial charge in [0.05, 0.1) is 12.6 Å². The summed E-state index contributed by atoms with van der Waals surface area (Å²) in [5.74, 6) is 0. The highest BCUT2D eigenvalue weighted by molar-refractivity contribution is 4.81. The third-order valence-electron chi connectivity index (χ3n) is 3.73. The lowest BCUT2D eigenvalue weighted by Crippen LogP contribution is -2.46. The highest BCUT2D eigenvalue weighted by Gasteiger charge is 2.27. The van der Waals surface area contributed by atoms with Crippen molar-refractivity contribution >= 4 is 0 Å². The molecule has 2 fully saturated rings. The molecular weight excluding hydrogens is 240 g/mol. The summed E-state index contributed by atoms with van der Waals surface area (Å²) in [5.41, 5.74) is 0. The number of alkyl halides is 2. The lowest BCUT2D eigenvalue weighted by atomic mass is 9.97. The minimum absolute atomic E-state index is 0.0757. The highest BCUT2D eigenvalue weighted by atomic mass is 19.3. The van der Waals surface area contributed by atoms with Crippen molar-refractivity contribution in [2.24, 2.45) is 0 Å². The van der Waals surface area contributed by atoms with Crippen LogP contribution in [-0.2, 0) is 9.47 Å². The zero-order valence-corrected chi connectivity index (χ0v) is 10.7. The van der Waals surface area contributed by atoms with Gasteiger partial charge in [-0.05, 0) is 38.5 Å². The molecule has 3 unspecified atom stereocenters. The number of halogens is 2. The van der Waals surface area contributed by atoms with E-state index in [9.17, 15) is 8.78 Å². The van der Waals surface area contributed by atoms with Crippen molar-refractivity contribution in [1.82, 2.24) is 5.32 Å². The maximum Gasteiger partial charge on any atom is 0.253 e. The molecule has 2 saturated heterocycles. The third kappa shape index (κ3) is 4.44. The van der Waals surface area contributed by atoms with Crippen LogP contribution >= 0.6 is 0 Å². The van der Waals surface area contributed by atoms with Gasteiger partial charge in [-0.2, -0.15) is 0 Å². The van der Waals surface area contributed by atoms with Crippen molar-refractivity contribution in [2.45, 2.75) is 69.7 Å². The van der Waals surface area contributed by atoms with E-state index < -0.39 is 12.5 Å². The van der Waals surface area contributed by atoms with E-state index in [1.165, 1.54) is 0 Å². The number of ether oxygens (including phenoxy) is 2. The van der Waals surface area contributed by atoms with Gasteiger partial charge >= 0.3 is 0 Å². The molecule has 0 spiro atoms. The molecule has 0 saturated carbocycles. The maximum absolute atomic E-state index is 12.6. The Balaban J connectivity index is 1.60. The molecule has 5 heteroatoms. The van der Waals surface area contributed by atoms with Crippen molar-refractivity contribution in [3.05, 3.63) is 0 Å². The van der Waals surface area contributed by atoms with Gasteiger partial charge in [0.1, 0.15) is 0 Å². The van der Waals surface area contributed by atoms with Crippen LogP contribution in [0, 0.1) is 0 Å². The normalized spacial score (nSPS) is 33.8. The monoisotopic (exact) mass is 263 g/mol. The van der Waals surface area contributed by atoms with E-state index in [0.29, 0.717) is 13.0 Å². The Morgan fingerprint density at radius 3 is 2.78 bits per heavy atom. The van der Waals surface area contributed by atoms with Gasteiger partial charge in [0.2, 0.25) is 0 Å². The van der Waals surface area contributed by atoms with Crippen LogP contribution < -0.4 is 5.32 Å². The summed E-state index contributed by atoms with van der Waals surface area (Å²) < 4.78 is 36.3. The van der Waals surface area contributed by atoms with Crippen molar-refractivity contribution in [3.8, 4) is 0 Å². The first kappa shape index (κ1) is 14.2. The molecule has 2 rings (SSSR count). The molecule has 106 valence electrons. The van der Waals surface area contributed by atoms with Gasteiger partial charge in [0, 0.05) is 12.6 Å². The first-order valence-corrected chi connectivity index (χ1v) is 7.03. The molecular formula is C13H23F2NO2. The first-order valence-electron chi connectivity index (χ1n) is 7.03. The summed E-state index contributed by atoms with van der Waals surface area (Å²) >= 11 is 0. The van der Waals surface area contributed by atoms with Crippen LogP contribution in [-0.4, -0.2) is 38.0 Å². The lowest BCUT2D eigenvalue weighted by molar-refractivity contribution is -0.163. The number of hydrogen-bond donors (Lipinski definition) is 1. The zero-order chi connectivity index (χ0) is 12.8. The average molecular weight is 263 g/mol. The summed E-state index contributed by atoms with van der Waals surface area (Å²) in [5, 5.41) is 3.02. The minimum atomic E-state index is -2.25. The smallest absolute Gasteiger partial charge is 0.253 e. The Bertz CT molecular complexity index is 235. The fraction of sp³-hybridized carbons (Fsp3) is 1.00. The van der Waals surface area contributed by atoms with Gasteiger partial charge in [-0.3, -0.25) is 0 Å². The van der Waals surface area contributed by atoms with E-state index in [1.807, 2.05) is 0 Å². The van der Waals surface area contributed by atoms with Crippen molar-refractivity contribution in [2.75, 3.05) is 13.2 Å². The van der Waals surface area contributed by atoms with E-state index in [1.54, 1.807) is 0 Å². The zero-order valence-electron chi connectivity index (χ0n) is 10.7. The largest absolute Gasteiger partial charge is 0.353 e. The number of hydrogen-bond acceptors (Lipinski definition) is 3. The lowest BCUT2D eigenvalue weighted by Gasteiger charge is -2.31. The number of nitrogens with one attached hydrogen (secondary N) is 1. The molecule has 1 N–H and O–H groups in total. The molecule has 0 bridgehead atoms. The summed E-state index contributed by atoms with van der Waals surface area (Å²) in [7, 11) is 0. The second-order valence-corrected chi connectivity index (χ2v) is 5.19. The fourth-order valence-electron chi connectivity index (χ4n) is 2.66. The third-order valence-corrected chi connectivity index (χ3v) is 3.73. The Kier molecular flexibility index (Phi) is 5.79. The van der Waals surface area contributed by atoms with Crippen LogP contribution in [0.1, 0.15) is 44.9 Å². The summed E-state index contributed by atoms with van der Waals surface area (Å²) in [6, 6.07) is -0.462. The number of rotatable bonds is 5. The molecule has 0 aromatic heterocycles. The van der Waals surface area contributed by atoms with Crippen LogP contribution in [0.5, 0.6) is 0 Å². The van der Waals surface area contributed by atoms with Crippen LogP contribution in [0.15, 0.2) is 0 Å². The van der Waals surface area contributed by atoms with E-state index in [-0.39, 0.29) is 12.3 Å². The highest BCUT2D eigenvalue weighted by Crippen LogP contribution is 2.20. The Labute approximate surface area is 107 Å². The SMILES string of the molecule is FC(F)C1CCCC(CCOC2CCCCO2)N1. The minimum Gasteiger partial charge on any atom is -0.353 e. The molecule has 0 aliphatic carbocycles. The number of piperidine rings is 1. The summed E-state index contributed by atoms with van der Waals surface area (Å²) in [6.07, 6.45) is 4.12. The second-order valence-electron chi connectivity index (χ2n) is 5.19. The van der Waals surface area contributed by atoms with Gasteiger partial charge in [0.25, 0.3) is 6.43 Å². The predicted octanol–water partition coefficient (Wildman–Crippen LogP) is 2.70. The molecule has 2 heterocycles. The quantitative estimate of drug-likeness (QED) is 0.827. The van der Waals surface area contributed by atoms with Gasteiger partial charge in [0.15, 0.2) is 6.29 Å². The summed E-state index contributed by atoms with van der Waals surface area (Å²) in [6.45, 7) is 1.37. The molecule has 2 aliphatic heterocycles. The molecule has 3 atom stereocenters. The predicted molar refractivity (Wildman–Crippen MR) is 64.7 cm³/mol. The molecule has 3 nitrogen and oxygen atoms in total. The van der Waals surface area contributed by atoms with Gasteiger partial charge in [-0.25, -0.2) is 8.78 Å². The van der Waals surface area contributed by atoms with Gasteiger partial charge in [-0.15, -0.1) is 0 Å². The summed E-state index contributed by atoms with van der Waals surface area (Å²) in [4.78, 5) is 0. The Morgan fingerprint density at radius 2 is 2.06 bits per heavy atom. The van der Waals surface area contributed by atoms with Crippen LogP contribution in [0.25, 0.3) is 0 Å². The van der Waals surface area contributed by atoms with E-state index in [4.69, 9.17) is 9.47 Å². The van der Waals surface area contributed by atoms with Gasteiger partial charge < -0.3 is 14.8 Å². The van der Waals surface area contributed by atoms with Crippen LogP contribution in [0.2, 0.25) is 0 Å². The average Bonchev–Trinajstić information content (AvgIpc) is 2.40. The topological polar surface area (TPSA) is 30.5 Å².